The normalized spacial score (nSPS) is 10.2. The fourth-order valence-electron chi connectivity index (χ4n) is 1.99. The molecule has 0 saturated carbocycles. The van der Waals surface area contributed by atoms with Crippen LogP contribution in [0.1, 0.15) is 5.56 Å². The number of hydrogen-bond donors (Lipinski definition) is 1. The van der Waals surface area contributed by atoms with Crippen LogP contribution in [0.25, 0.3) is 22.3 Å². The maximum absolute atomic E-state index is 5.74. The number of nitrogens with two attached hydrogens (primary N) is 1. The van der Waals surface area contributed by atoms with E-state index >= 15 is 0 Å². The fraction of sp³-hybridized carbons (Fsp3) is 0.0625. The van der Waals surface area contributed by atoms with Crippen molar-refractivity contribution < 1.29 is 32.7 Å². The van der Waals surface area contributed by atoms with Gasteiger partial charge in [-0.05, 0) is 18.2 Å². The minimum atomic E-state index is 0. The Labute approximate surface area is 143 Å². The Kier molecular flexibility index (Phi) is 4.84. The van der Waals surface area contributed by atoms with Gasteiger partial charge in [-0.1, -0.05) is 5.56 Å². The van der Waals surface area contributed by atoms with Gasteiger partial charge in [-0.25, -0.2) is 9.97 Å². The van der Waals surface area contributed by atoms with Gasteiger partial charge in [-0.3, -0.25) is 0 Å². The van der Waals surface area contributed by atoms with Crippen molar-refractivity contribution in [1.82, 2.24) is 9.97 Å². The molecule has 1 aromatic heterocycles. The van der Waals surface area contributed by atoms with E-state index in [1.165, 1.54) is 0 Å². The predicted octanol–water partition coefficient (Wildman–Crippen LogP) is 3.05. The van der Waals surface area contributed by atoms with E-state index in [4.69, 9.17) is 5.73 Å². The Morgan fingerprint density at radius 1 is 1.20 bits per heavy atom. The molecule has 20 heavy (non-hydrogen) atoms. The Bertz CT molecular complexity index is 741. The number of anilines is 1. The number of nitrogen functional groups attached to an aromatic ring is 1. The van der Waals surface area contributed by atoms with Crippen LogP contribution in [0.5, 0.6) is 0 Å². The zero-order valence-electron chi connectivity index (χ0n) is 11.0. The van der Waals surface area contributed by atoms with E-state index in [0.717, 1.165) is 27.7 Å². The molecule has 3 aromatic rings. The summed E-state index contributed by atoms with van der Waals surface area (Å²) in [5.74, 6) is 0.709. The van der Waals surface area contributed by atoms with Crippen LogP contribution in [-0.2, 0) is 39.1 Å². The quantitative estimate of drug-likeness (QED) is 0.578. The van der Waals surface area contributed by atoms with Gasteiger partial charge in [0.25, 0.3) is 0 Å². The minimum absolute atomic E-state index is 0. The molecule has 1 heterocycles. The molecule has 0 saturated heterocycles. The number of fused-ring (bicyclic) bond motifs is 1. The molecule has 3 rings (SSSR count). The third kappa shape index (κ3) is 3.05. The second kappa shape index (κ2) is 6.42. The van der Waals surface area contributed by atoms with Gasteiger partial charge in [0.1, 0.15) is 5.82 Å². The van der Waals surface area contributed by atoms with Gasteiger partial charge in [0.05, 0.1) is 5.52 Å². The molecule has 2 aromatic carbocycles. The molecule has 0 unspecified atom stereocenters. The summed E-state index contributed by atoms with van der Waals surface area (Å²) >= 11 is 0. The van der Waals surface area contributed by atoms with E-state index in [-0.39, 0.29) is 32.7 Å². The number of hydrogen-bond acceptors (Lipinski definition) is 3. The zero-order chi connectivity index (χ0) is 13.2. The Morgan fingerprint density at radius 3 is 2.85 bits per heavy atom. The average molecular weight is 336 g/mol. The molecule has 0 aliphatic carbocycles. The summed E-state index contributed by atoms with van der Waals surface area (Å²) in [6, 6.07) is 14.6. The number of nitrogens with zero attached hydrogens (tertiary/aromatic N) is 2. The number of benzene rings is 2. The SMILES string of the molecule is [CH2-]Cc1[c-]ccc(-c2ncc3cc(N)ccc3n2)c1.[Y]. The first-order valence-electron chi connectivity index (χ1n) is 6.09. The summed E-state index contributed by atoms with van der Waals surface area (Å²) < 4.78 is 0. The molecule has 0 spiro atoms. The van der Waals surface area contributed by atoms with E-state index in [1.54, 1.807) is 6.20 Å². The maximum atomic E-state index is 5.74. The molecule has 97 valence electrons. The standard InChI is InChI=1S/C16H13N3.Y/c1-2-11-4-3-5-12(8-11)16-18-10-13-9-14(17)6-7-15(13)19-16;/h3,5-10H,1-2,17H2;/q-2;. The van der Waals surface area contributed by atoms with Crippen molar-refractivity contribution in [2.24, 2.45) is 0 Å². The molecular formula is C16H13N3Y-2. The van der Waals surface area contributed by atoms with Crippen LogP contribution in [0.4, 0.5) is 5.69 Å². The summed E-state index contributed by atoms with van der Waals surface area (Å²) in [7, 11) is 0. The average Bonchev–Trinajstić information content (AvgIpc) is 2.46. The monoisotopic (exact) mass is 336 g/mol. The van der Waals surface area contributed by atoms with Crippen molar-refractivity contribution in [2.75, 3.05) is 5.73 Å². The Balaban J connectivity index is 0.00000147. The van der Waals surface area contributed by atoms with Crippen LogP contribution in [0.3, 0.4) is 0 Å². The van der Waals surface area contributed by atoms with Gasteiger partial charge in [0.2, 0.25) is 0 Å². The van der Waals surface area contributed by atoms with Crippen LogP contribution in [0.2, 0.25) is 0 Å². The van der Waals surface area contributed by atoms with Crippen LogP contribution in [-0.4, -0.2) is 9.97 Å². The van der Waals surface area contributed by atoms with Crippen molar-refractivity contribution in [2.45, 2.75) is 6.42 Å². The van der Waals surface area contributed by atoms with Crippen LogP contribution < -0.4 is 5.73 Å². The topological polar surface area (TPSA) is 51.8 Å². The molecule has 4 heteroatoms. The van der Waals surface area contributed by atoms with Crippen molar-refractivity contribution in [3.05, 3.63) is 61.1 Å². The molecule has 0 atom stereocenters. The number of rotatable bonds is 2. The summed E-state index contributed by atoms with van der Waals surface area (Å²) in [5.41, 5.74) is 9.39. The molecule has 3 nitrogen and oxygen atoms in total. The van der Waals surface area contributed by atoms with E-state index in [1.807, 2.05) is 36.4 Å². The summed E-state index contributed by atoms with van der Waals surface area (Å²) in [6.07, 6.45) is 2.51. The van der Waals surface area contributed by atoms with Crippen molar-refractivity contribution in [3.63, 3.8) is 0 Å². The van der Waals surface area contributed by atoms with E-state index in [0.29, 0.717) is 12.2 Å². The Hall–Kier alpha value is -1.32. The van der Waals surface area contributed by atoms with Gasteiger partial charge >= 0.3 is 0 Å². The third-order valence-electron chi connectivity index (χ3n) is 2.99. The molecule has 2 N–H and O–H groups in total. The van der Waals surface area contributed by atoms with Crippen molar-refractivity contribution in [1.29, 1.82) is 0 Å². The second-order valence-electron chi connectivity index (χ2n) is 4.36. The van der Waals surface area contributed by atoms with Crippen LogP contribution in [0.15, 0.2) is 42.6 Å². The molecule has 0 aliphatic rings. The van der Waals surface area contributed by atoms with Gasteiger partial charge in [-0.2, -0.15) is 36.2 Å². The molecule has 0 aliphatic heterocycles. The maximum Gasteiger partial charge on any atom is 0.135 e. The Morgan fingerprint density at radius 2 is 2.05 bits per heavy atom. The van der Waals surface area contributed by atoms with Gasteiger partial charge in [0, 0.05) is 50.0 Å². The molecular weight excluding hydrogens is 323 g/mol. The van der Waals surface area contributed by atoms with E-state index in [2.05, 4.69) is 23.0 Å². The summed E-state index contributed by atoms with van der Waals surface area (Å²) in [6.45, 7) is 3.86. The largest absolute Gasteiger partial charge is 0.399 e. The van der Waals surface area contributed by atoms with Gasteiger partial charge < -0.3 is 12.7 Å². The van der Waals surface area contributed by atoms with Gasteiger partial charge in [0.15, 0.2) is 0 Å². The van der Waals surface area contributed by atoms with Gasteiger partial charge in [-0.15, -0.1) is 0 Å². The fourth-order valence-corrected chi connectivity index (χ4v) is 1.99. The van der Waals surface area contributed by atoms with Crippen molar-refractivity contribution >= 4 is 16.6 Å². The summed E-state index contributed by atoms with van der Waals surface area (Å²) in [4.78, 5) is 8.95. The minimum Gasteiger partial charge on any atom is -0.399 e. The molecule has 0 amide bonds. The first-order valence-corrected chi connectivity index (χ1v) is 6.09. The first-order chi connectivity index (χ1) is 9.26. The van der Waals surface area contributed by atoms with Crippen molar-refractivity contribution in [3.8, 4) is 11.4 Å². The smallest absolute Gasteiger partial charge is 0.135 e. The summed E-state index contributed by atoms with van der Waals surface area (Å²) in [5, 5.41) is 0.948. The third-order valence-corrected chi connectivity index (χ3v) is 2.99. The van der Waals surface area contributed by atoms with E-state index < -0.39 is 0 Å². The molecule has 0 fully saturated rings. The zero-order valence-corrected chi connectivity index (χ0v) is 13.8. The molecule has 0 bridgehead atoms. The number of aromatic nitrogens is 2. The first kappa shape index (κ1) is 15.1. The van der Waals surface area contributed by atoms with Crippen LogP contribution in [0, 0.1) is 13.0 Å². The molecule has 1 radical (unpaired) electrons. The second-order valence-corrected chi connectivity index (χ2v) is 4.36. The predicted molar refractivity (Wildman–Crippen MR) is 77.3 cm³/mol. The van der Waals surface area contributed by atoms with Crippen LogP contribution >= 0.6 is 0 Å². The van der Waals surface area contributed by atoms with E-state index in [9.17, 15) is 0 Å².